The largest absolute Gasteiger partial charge is 0.445 e. The number of rotatable bonds is 6. The van der Waals surface area contributed by atoms with Crippen molar-refractivity contribution in [1.29, 1.82) is 0 Å². The Bertz CT molecular complexity index is 993. The first-order valence-corrected chi connectivity index (χ1v) is 10.4. The Morgan fingerprint density at radius 1 is 1.19 bits per heavy atom. The lowest BCUT2D eigenvalue weighted by molar-refractivity contribution is -0.140. The molecule has 2 aromatic rings. The summed E-state index contributed by atoms with van der Waals surface area (Å²) in [7, 11) is 0. The fraction of sp³-hybridized carbons (Fsp3) is 0.348. The number of pyridine rings is 1. The van der Waals surface area contributed by atoms with Crippen LogP contribution >= 0.6 is 0 Å². The van der Waals surface area contributed by atoms with Gasteiger partial charge in [0, 0.05) is 24.9 Å². The first kappa shape index (κ1) is 22.9. The maximum Gasteiger partial charge on any atom is 0.408 e. The predicted octanol–water partition coefficient (Wildman–Crippen LogP) is 1.26. The zero-order chi connectivity index (χ0) is 23.1. The molecule has 9 heteroatoms. The fourth-order valence-electron chi connectivity index (χ4n) is 3.28. The Kier molecular flexibility index (Phi) is 7.54. The fourth-order valence-corrected chi connectivity index (χ4v) is 3.28. The zero-order valence-corrected chi connectivity index (χ0v) is 18.0. The van der Waals surface area contributed by atoms with Crippen molar-refractivity contribution in [3.63, 3.8) is 0 Å². The van der Waals surface area contributed by atoms with Gasteiger partial charge < -0.3 is 20.7 Å². The highest BCUT2D eigenvalue weighted by Crippen LogP contribution is 2.10. The second-order valence-corrected chi connectivity index (χ2v) is 7.90. The summed E-state index contributed by atoms with van der Waals surface area (Å²) in [5, 5.41) is 7.70. The molecule has 1 aromatic heterocycles. The van der Waals surface area contributed by atoms with E-state index < -0.39 is 35.8 Å². The van der Waals surface area contributed by atoms with E-state index >= 15 is 0 Å². The van der Waals surface area contributed by atoms with Crippen LogP contribution in [0.3, 0.4) is 0 Å². The topological polar surface area (TPSA) is 126 Å². The molecule has 0 saturated carbocycles. The number of ketones is 1. The van der Waals surface area contributed by atoms with E-state index in [1.165, 1.54) is 0 Å². The number of Topliss-reactive ketones (excluding diaryl/α,β-unsaturated/α-hetero) is 1. The van der Waals surface area contributed by atoms with Crippen LogP contribution < -0.4 is 16.0 Å². The molecule has 1 aliphatic heterocycles. The summed E-state index contributed by atoms with van der Waals surface area (Å²) >= 11 is 0. The summed E-state index contributed by atoms with van der Waals surface area (Å²) in [5.74, 6) is -2.43. The molecule has 0 aliphatic carbocycles. The molecule has 2 atom stereocenters. The van der Waals surface area contributed by atoms with E-state index in [2.05, 4.69) is 20.9 Å². The quantitative estimate of drug-likeness (QED) is 0.583. The molecule has 3 rings (SSSR count). The van der Waals surface area contributed by atoms with Crippen LogP contribution in [0.2, 0.25) is 0 Å². The second kappa shape index (κ2) is 10.5. The van der Waals surface area contributed by atoms with Gasteiger partial charge in [-0.05, 0) is 29.2 Å². The third kappa shape index (κ3) is 6.13. The third-order valence-electron chi connectivity index (χ3n) is 5.04. The molecule has 0 radical (unpaired) electrons. The number of alkyl carbamates (subject to hydrolysis) is 1. The Hall–Kier alpha value is -3.75. The van der Waals surface area contributed by atoms with Crippen LogP contribution in [0.15, 0.2) is 48.7 Å². The predicted molar refractivity (Wildman–Crippen MR) is 115 cm³/mol. The van der Waals surface area contributed by atoms with Crippen LogP contribution in [-0.4, -0.2) is 40.8 Å². The van der Waals surface area contributed by atoms with Crippen LogP contribution in [0.5, 0.6) is 0 Å². The number of ether oxygens (including phenoxy) is 1. The van der Waals surface area contributed by atoms with Gasteiger partial charge in [0.25, 0.3) is 5.91 Å². The molecule has 3 N–H and O–H groups in total. The van der Waals surface area contributed by atoms with Crippen LogP contribution in [0, 0.1) is 5.92 Å². The molecule has 9 nitrogen and oxygen atoms in total. The van der Waals surface area contributed by atoms with Crippen molar-refractivity contribution in [3.05, 3.63) is 65.5 Å². The number of fused-ring (bicyclic) bond motifs is 2. The lowest BCUT2D eigenvalue weighted by atomic mass is 10.0. The standard InChI is InChI=1S/C23H26N4O5/c1-14(2)19(27-23(31)32-13-15-6-4-3-5-7-15)21(29)26-18-11-17-10-16(8-9-24-17)12-25-22(30)20(18)28/h3-10,14,18-19H,11-13H2,1-2H3,(H,25,30)(H,26,29)(H,27,31). The van der Waals surface area contributed by atoms with E-state index in [0.29, 0.717) is 5.69 Å². The molecule has 0 saturated heterocycles. The summed E-state index contributed by atoms with van der Waals surface area (Å²) in [6.07, 6.45) is 0.901. The van der Waals surface area contributed by atoms with Gasteiger partial charge in [0.1, 0.15) is 18.7 Å². The molecule has 3 amide bonds. The van der Waals surface area contributed by atoms with Gasteiger partial charge >= 0.3 is 6.09 Å². The average molecular weight is 438 g/mol. The van der Waals surface area contributed by atoms with Crippen LogP contribution in [0.25, 0.3) is 0 Å². The smallest absolute Gasteiger partial charge is 0.408 e. The van der Waals surface area contributed by atoms with E-state index in [1.54, 1.807) is 32.2 Å². The lowest BCUT2D eigenvalue weighted by Crippen LogP contribution is -2.56. The minimum atomic E-state index is -1.10. The number of carbonyl (C=O) groups is 4. The summed E-state index contributed by atoms with van der Waals surface area (Å²) in [6.45, 7) is 3.77. The molecule has 168 valence electrons. The number of benzene rings is 1. The van der Waals surface area contributed by atoms with E-state index in [1.807, 2.05) is 30.3 Å². The van der Waals surface area contributed by atoms with Gasteiger partial charge in [0.15, 0.2) is 0 Å². The average Bonchev–Trinajstić information content (AvgIpc) is 2.82. The van der Waals surface area contributed by atoms with Crippen molar-refractivity contribution in [2.24, 2.45) is 5.92 Å². The van der Waals surface area contributed by atoms with E-state index in [-0.39, 0.29) is 25.5 Å². The minimum Gasteiger partial charge on any atom is -0.445 e. The third-order valence-corrected chi connectivity index (χ3v) is 5.04. The number of amides is 3. The molecule has 2 bridgehead atoms. The van der Waals surface area contributed by atoms with Crippen molar-refractivity contribution >= 4 is 23.7 Å². The summed E-state index contributed by atoms with van der Waals surface area (Å²) in [4.78, 5) is 54.2. The van der Waals surface area contributed by atoms with Gasteiger partial charge in [0.2, 0.25) is 11.7 Å². The molecule has 32 heavy (non-hydrogen) atoms. The van der Waals surface area contributed by atoms with Gasteiger partial charge in [-0.2, -0.15) is 0 Å². The molecular weight excluding hydrogens is 412 g/mol. The Morgan fingerprint density at radius 2 is 1.94 bits per heavy atom. The Balaban J connectivity index is 1.66. The first-order valence-electron chi connectivity index (χ1n) is 10.4. The van der Waals surface area contributed by atoms with Gasteiger partial charge in [-0.3, -0.25) is 19.4 Å². The van der Waals surface area contributed by atoms with Crippen molar-refractivity contribution in [1.82, 2.24) is 20.9 Å². The maximum atomic E-state index is 12.9. The molecule has 0 fully saturated rings. The van der Waals surface area contributed by atoms with Gasteiger partial charge in [0.05, 0.1) is 0 Å². The molecule has 2 heterocycles. The molecule has 2 unspecified atom stereocenters. The van der Waals surface area contributed by atoms with Crippen molar-refractivity contribution in [2.45, 2.75) is 45.5 Å². The maximum absolute atomic E-state index is 12.9. The van der Waals surface area contributed by atoms with Crippen LogP contribution in [0.4, 0.5) is 4.79 Å². The van der Waals surface area contributed by atoms with Crippen LogP contribution in [0.1, 0.15) is 30.7 Å². The first-order chi connectivity index (χ1) is 15.3. The number of aromatic nitrogens is 1. The SMILES string of the molecule is CC(C)C(NC(=O)OCc1ccccc1)C(=O)NC1Cc2cc(ccn2)CNC(=O)C1=O. The van der Waals surface area contributed by atoms with Gasteiger partial charge in [-0.15, -0.1) is 0 Å². The number of nitrogens with zero attached hydrogens (tertiary/aromatic N) is 1. The van der Waals surface area contributed by atoms with Gasteiger partial charge in [-0.1, -0.05) is 44.2 Å². The number of hydrogen-bond donors (Lipinski definition) is 3. The normalized spacial score (nSPS) is 16.8. The Labute approximate surface area is 185 Å². The van der Waals surface area contributed by atoms with Gasteiger partial charge in [-0.25, -0.2) is 4.79 Å². The molecule has 0 spiro atoms. The van der Waals surface area contributed by atoms with E-state index in [0.717, 1.165) is 11.1 Å². The highest BCUT2D eigenvalue weighted by atomic mass is 16.5. The summed E-state index contributed by atoms with van der Waals surface area (Å²) in [5.41, 5.74) is 2.20. The van der Waals surface area contributed by atoms with Crippen LogP contribution in [-0.2, 0) is 38.7 Å². The number of carbonyl (C=O) groups excluding carboxylic acids is 4. The van der Waals surface area contributed by atoms with Crippen molar-refractivity contribution < 1.29 is 23.9 Å². The minimum absolute atomic E-state index is 0.0579. The molecule has 1 aromatic carbocycles. The monoisotopic (exact) mass is 438 g/mol. The second-order valence-electron chi connectivity index (χ2n) is 7.90. The summed E-state index contributed by atoms with van der Waals surface area (Å²) < 4.78 is 5.20. The van der Waals surface area contributed by atoms with Crippen molar-refractivity contribution in [3.8, 4) is 0 Å². The molecular formula is C23H26N4O5. The highest BCUT2D eigenvalue weighted by Gasteiger charge is 2.32. The van der Waals surface area contributed by atoms with E-state index in [9.17, 15) is 19.2 Å². The number of hydrogen-bond acceptors (Lipinski definition) is 6. The zero-order valence-electron chi connectivity index (χ0n) is 18.0. The lowest BCUT2D eigenvalue weighted by Gasteiger charge is -2.24. The number of nitrogens with one attached hydrogen (secondary N) is 3. The molecule has 1 aliphatic rings. The highest BCUT2D eigenvalue weighted by molar-refractivity contribution is 6.38. The van der Waals surface area contributed by atoms with Crippen molar-refractivity contribution in [2.75, 3.05) is 0 Å². The Morgan fingerprint density at radius 3 is 2.66 bits per heavy atom. The van der Waals surface area contributed by atoms with E-state index in [4.69, 9.17) is 4.74 Å². The summed E-state index contributed by atoms with van der Waals surface area (Å²) in [6, 6.07) is 10.6.